The average Bonchev–Trinajstić information content (AvgIpc) is 2.30. The largest absolute Gasteiger partial charge is 0.395 e. The van der Waals surface area contributed by atoms with Crippen molar-refractivity contribution in [2.75, 3.05) is 36.5 Å². The number of pyridine rings is 1. The summed E-state index contributed by atoms with van der Waals surface area (Å²) in [5.41, 5.74) is 0. The smallest absolute Gasteiger partial charge is 0.150 e. The molecule has 0 aliphatic carbocycles. The monoisotopic (exact) mass is 277 g/mol. The van der Waals surface area contributed by atoms with E-state index >= 15 is 0 Å². The zero-order valence-corrected chi connectivity index (χ0v) is 11.5. The number of halogens is 2. The Morgan fingerprint density at radius 2 is 2.06 bits per heavy atom. The third kappa shape index (κ3) is 3.63. The fraction of sp³-hybridized carbons (Fsp3) is 0.545. The first-order chi connectivity index (χ1) is 8.13. The summed E-state index contributed by atoms with van der Waals surface area (Å²) in [7, 11) is 0. The number of aliphatic hydroxyl groups is 1. The van der Waals surface area contributed by atoms with Crippen molar-refractivity contribution in [3.8, 4) is 0 Å². The Hall–Kier alpha value is -0.710. The van der Waals surface area contributed by atoms with E-state index in [4.69, 9.17) is 28.3 Å². The van der Waals surface area contributed by atoms with E-state index in [9.17, 15) is 0 Å². The van der Waals surface area contributed by atoms with Gasteiger partial charge >= 0.3 is 0 Å². The van der Waals surface area contributed by atoms with Gasteiger partial charge in [-0.05, 0) is 19.9 Å². The van der Waals surface area contributed by atoms with Gasteiger partial charge in [-0.3, -0.25) is 0 Å². The first-order valence-corrected chi connectivity index (χ1v) is 6.35. The summed E-state index contributed by atoms with van der Waals surface area (Å²) in [5.74, 6) is 1.26. The molecule has 0 spiro atoms. The van der Waals surface area contributed by atoms with Gasteiger partial charge in [-0.2, -0.15) is 0 Å². The van der Waals surface area contributed by atoms with Crippen LogP contribution in [0, 0.1) is 0 Å². The molecule has 4 nitrogen and oxygen atoms in total. The highest BCUT2D eigenvalue weighted by Gasteiger charge is 2.13. The fourth-order valence-electron chi connectivity index (χ4n) is 1.50. The lowest BCUT2D eigenvalue weighted by Crippen LogP contribution is -2.27. The minimum atomic E-state index is 0.0605. The lowest BCUT2D eigenvalue weighted by molar-refractivity contribution is 0.302. The van der Waals surface area contributed by atoms with E-state index in [-0.39, 0.29) is 6.61 Å². The van der Waals surface area contributed by atoms with Crippen LogP contribution >= 0.6 is 23.2 Å². The zero-order valence-electron chi connectivity index (χ0n) is 10.0. The van der Waals surface area contributed by atoms with E-state index in [0.717, 1.165) is 13.1 Å². The topological polar surface area (TPSA) is 48.4 Å². The second-order valence-electron chi connectivity index (χ2n) is 3.46. The lowest BCUT2D eigenvalue weighted by Gasteiger charge is -2.23. The van der Waals surface area contributed by atoms with Crippen LogP contribution in [0.2, 0.25) is 10.0 Å². The van der Waals surface area contributed by atoms with E-state index in [1.807, 2.05) is 18.7 Å². The molecular formula is C11H17Cl2N3O. The van der Waals surface area contributed by atoms with Crippen LogP contribution in [0.3, 0.4) is 0 Å². The number of nitrogens with one attached hydrogen (secondary N) is 1. The summed E-state index contributed by atoms with van der Waals surface area (Å²) in [5, 5.41) is 13.1. The number of aromatic nitrogens is 1. The van der Waals surface area contributed by atoms with Crippen molar-refractivity contribution in [1.82, 2.24) is 4.98 Å². The second-order valence-corrected chi connectivity index (χ2v) is 4.27. The summed E-state index contributed by atoms with van der Waals surface area (Å²) in [6.07, 6.45) is 0. The van der Waals surface area contributed by atoms with Crippen molar-refractivity contribution in [2.24, 2.45) is 0 Å². The molecule has 0 aliphatic heterocycles. The van der Waals surface area contributed by atoms with Gasteiger partial charge in [0.25, 0.3) is 0 Å². The summed E-state index contributed by atoms with van der Waals surface area (Å²) < 4.78 is 0. The molecule has 0 amide bonds. The van der Waals surface area contributed by atoms with Gasteiger partial charge in [0.15, 0.2) is 0 Å². The van der Waals surface area contributed by atoms with Gasteiger partial charge in [-0.25, -0.2) is 4.98 Å². The predicted octanol–water partition coefficient (Wildman–Crippen LogP) is 2.64. The molecule has 1 aromatic rings. The number of nitrogens with zero attached hydrogens (tertiary/aromatic N) is 2. The number of anilines is 2. The molecule has 0 atom stereocenters. The van der Waals surface area contributed by atoms with Gasteiger partial charge in [0.1, 0.15) is 11.6 Å². The minimum Gasteiger partial charge on any atom is -0.395 e. The summed E-state index contributed by atoms with van der Waals surface area (Å²) in [6.45, 7) is 5.97. The molecule has 2 N–H and O–H groups in total. The van der Waals surface area contributed by atoms with E-state index in [1.54, 1.807) is 6.07 Å². The fourth-order valence-corrected chi connectivity index (χ4v) is 2.05. The first kappa shape index (κ1) is 14.4. The second kappa shape index (κ2) is 6.89. The molecule has 1 heterocycles. The third-order valence-corrected chi connectivity index (χ3v) is 2.87. The Bertz CT molecular complexity index is 374. The molecule has 1 rings (SSSR count). The molecule has 17 heavy (non-hydrogen) atoms. The molecule has 0 unspecified atom stereocenters. The third-order valence-electron chi connectivity index (χ3n) is 2.31. The van der Waals surface area contributed by atoms with Crippen LogP contribution in [0.4, 0.5) is 11.6 Å². The summed E-state index contributed by atoms with van der Waals surface area (Å²) in [4.78, 5) is 6.29. The van der Waals surface area contributed by atoms with Crippen LogP contribution in [0.1, 0.15) is 13.8 Å². The van der Waals surface area contributed by atoms with Crippen molar-refractivity contribution >= 4 is 34.8 Å². The summed E-state index contributed by atoms with van der Waals surface area (Å²) in [6, 6.07) is 1.67. The molecular weight excluding hydrogens is 261 g/mol. The zero-order chi connectivity index (χ0) is 12.8. The van der Waals surface area contributed by atoms with Gasteiger partial charge in [0.05, 0.1) is 16.7 Å². The Labute approximate surface area is 112 Å². The number of rotatable bonds is 6. The van der Waals surface area contributed by atoms with Gasteiger partial charge in [-0.15, -0.1) is 0 Å². The van der Waals surface area contributed by atoms with Gasteiger partial charge in [0, 0.05) is 19.6 Å². The van der Waals surface area contributed by atoms with Crippen molar-refractivity contribution in [1.29, 1.82) is 0 Å². The van der Waals surface area contributed by atoms with Crippen LogP contribution in [-0.2, 0) is 0 Å². The highest BCUT2D eigenvalue weighted by atomic mass is 35.5. The van der Waals surface area contributed by atoms with Crippen molar-refractivity contribution in [2.45, 2.75) is 13.8 Å². The van der Waals surface area contributed by atoms with Crippen LogP contribution in [0.5, 0.6) is 0 Å². The number of aliphatic hydroxyl groups excluding tert-OH is 1. The lowest BCUT2D eigenvalue weighted by atomic mass is 10.3. The van der Waals surface area contributed by atoms with E-state index in [2.05, 4.69) is 10.3 Å². The van der Waals surface area contributed by atoms with Crippen LogP contribution in [0.15, 0.2) is 6.07 Å². The maximum atomic E-state index is 8.99. The van der Waals surface area contributed by atoms with Crippen LogP contribution in [0.25, 0.3) is 0 Å². The molecule has 0 radical (unpaired) electrons. The molecule has 6 heteroatoms. The van der Waals surface area contributed by atoms with Crippen molar-refractivity contribution < 1.29 is 5.11 Å². The minimum absolute atomic E-state index is 0.0605. The standard InChI is InChI=1S/C11H17Cl2N3O/c1-3-14-10-8(12)7-9(13)11(15-10)16(4-2)5-6-17/h7,17H,3-6H2,1-2H3,(H,14,15). The van der Waals surface area contributed by atoms with E-state index in [0.29, 0.717) is 28.2 Å². The normalized spacial score (nSPS) is 10.4. The predicted molar refractivity (Wildman–Crippen MR) is 73.4 cm³/mol. The Morgan fingerprint density at radius 1 is 1.35 bits per heavy atom. The Balaban J connectivity index is 3.08. The van der Waals surface area contributed by atoms with Crippen LogP contribution in [-0.4, -0.2) is 36.3 Å². The highest BCUT2D eigenvalue weighted by molar-refractivity contribution is 6.37. The van der Waals surface area contributed by atoms with Crippen LogP contribution < -0.4 is 10.2 Å². The molecule has 1 aromatic heterocycles. The quantitative estimate of drug-likeness (QED) is 0.839. The highest BCUT2D eigenvalue weighted by Crippen LogP contribution is 2.31. The maximum absolute atomic E-state index is 8.99. The number of hydrogen-bond donors (Lipinski definition) is 2. The molecule has 0 aromatic carbocycles. The molecule has 0 saturated carbocycles. The Kier molecular flexibility index (Phi) is 5.82. The number of hydrogen-bond acceptors (Lipinski definition) is 4. The average molecular weight is 278 g/mol. The Morgan fingerprint density at radius 3 is 2.59 bits per heavy atom. The van der Waals surface area contributed by atoms with Gasteiger partial charge in [-0.1, -0.05) is 23.2 Å². The SMILES string of the molecule is CCNc1nc(N(CC)CCO)c(Cl)cc1Cl. The molecule has 0 bridgehead atoms. The molecule has 0 fully saturated rings. The first-order valence-electron chi connectivity index (χ1n) is 5.59. The molecule has 0 aliphatic rings. The van der Waals surface area contributed by atoms with E-state index < -0.39 is 0 Å². The van der Waals surface area contributed by atoms with Gasteiger partial charge < -0.3 is 15.3 Å². The molecule has 96 valence electrons. The summed E-state index contributed by atoms with van der Waals surface area (Å²) >= 11 is 12.1. The number of likely N-dealkylation sites (N-methyl/N-ethyl adjacent to an activating group) is 1. The van der Waals surface area contributed by atoms with Crippen molar-refractivity contribution in [3.63, 3.8) is 0 Å². The van der Waals surface area contributed by atoms with Gasteiger partial charge in [0.2, 0.25) is 0 Å². The van der Waals surface area contributed by atoms with Crippen molar-refractivity contribution in [3.05, 3.63) is 16.1 Å². The van der Waals surface area contributed by atoms with E-state index in [1.165, 1.54) is 0 Å². The molecule has 0 saturated heterocycles. The maximum Gasteiger partial charge on any atom is 0.150 e.